The second kappa shape index (κ2) is 6.79. The van der Waals surface area contributed by atoms with Crippen LogP contribution in [0.2, 0.25) is 0 Å². The maximum atomic E-state index is 11.1. The van der Waals surface area contributed by atoms with Gasteiger partial charge in [0.25, 0.3) is 0 Å². The maximum Gasteiger partial charge on any atom is 0.187 e. The summed E-state index contributed by atoms with van der Waals surface area (Å²) in [6, 6.07) is 0.212. The molecule has 0 radical (unpaired) electrons. The van der Waals surface area contributed by atoms with Crippen LogP contribution in [-0.2, 0) is 14.3 Å². The van der Waals surface area contributed by atoms with Crippen molar-refractivity contribution in [1.82, 2.24) is 4.90 Å². The van der Waals surface area contributed by atoms with Gasteiger partial charge in [-0.1, -0.05) is 23.5 Å². The normalized spacial score (nSPS) is 27.0. The SMILES string of the molecule is COCOC[C@@H]1CSC(N2CCC2SC(C)=O)=N1. The summed E-state index contributed by atoms with van der Waals surface area (Å²) in [5.41, 5.74) is 0. The molecule has 0 aromatic carbocycles. The molecule has 1 unspecified atom stereocenters. The van der Waals surface area contributed by atoms with E-state index in [0.717, 1.165) is 23.9 Å². The average Bonchev–Trinajstić information content (AvgIpc) is 2.73. The molecule has 7 heteroatoms. The van der Waals surface area contributed by atoms with Crippen LogP contribution in [-0.4, -0.2) is 59.4 Å². The van der Waals surface area contributed by atoms with Gasteiger partial charge in [-0.25, -0.2) is 0 Å². The molecule has 2 atom stereocenters. The summed E-state index contributed by atoms with van der Waals surface area (Å²) in [7, 11) is 1.61. The van der Waals surface area contributed by atoms with Crippen molar-refractivity contribution in [2.45, 2.75) is 24.8 Å². The molecule has 0 bridgehead atoms. The van der Waals surface area contributed by atoms with Crippen molar-refractivity contribution in [2.24, 2.45) is 4.99 Å². The Morgan fingerprint density at radius 2 is 2.50 bits per heavy atom. The molecule has 1 saturated heterocycles. The van der Waals surface area contributed by atoms with Gasteiger partial charge >= 0.3 is 0 Å². The van der Waals surface area contributed by atoms with Crippen LogP contribution in [0.4, 0.5) is 0 Å². The maximum absolute atomic E-state index is 11.1. The van der Waals surface area contributed by atoms with Crippen LogP contribution >= 0.6 is 23.5 Å². The minimum atomic E-state index is 0.174. The molecule has 2 heterocycles. The van der Waals surface area contributed by atoms with Crippen LogP contribution in [0.3, 0.4) is 0 Å². The third-order valence-electron chi connectivity index (χ3n) is 2.72. The second-order valence-electron chi connectivity index (χ2n) is 4.20. The van der Waals surface area contributed by atoms with Gasteiger partial charge in [-0.3, -0.25) is 9.79 Å². The summed E-state index contributed by atoms with van der Waals surface area (Å²) in [6.07, 6.45) is 1.06. The molecular formula is C11H18N2O3S2. The lowest BCUT2D eigenvalue weighted by molar-refractivity contribution is -0.109. The summed E-state index contributed by atoms with van der Waals surface area (Å²) in [5.74, 6) is 0.951. The number of ether oxygens (including phenoxy) is 2. The van der Waals surface area contributed by atoms with E-state index in [1.54, 1.807) is 25.8 Å². The van der Waals surface area contributed by atoms with Gasteiger partial charge < -0.3 is 14.4 Å². The number of nitrogens with zero attached hydrogens (tertiary/aromatic N) is 2. The molecule has 0 aromatic rings. The molecule has 0 amide bonds. The van der Waals surface area contributed by atoms with E-state index in [4.69, 9.17) is 9.47 Å². The first-order chi connectivity index (χ1) is 8.70. The van der Waals surface area contributed by atoms with E-state index in [2.05, 4.69) is 9.89 Å². The quantitative estimate of drug-likeness (QED) is 0.563. The summed E-state index contributed by atoms with van der Waals surface area (Å²) in [4.78, 5) is 18.0. The highest BCUT2D eigenvalue weighted by Crippen LogP contribution is 2.34. The summed E-state index contributed by atoms with van der Waals surface area (Å²) in [6.45, 7) is 3.54. The molecule has 1 fully saturated rings. The van der Waals surface area contributed by atoms with Gasteiger partial charge in [0.15, 0.2) is 10.3 Å². The highest BCUT2D eigenvalue weighted by atomic mass is 32.2. The summed E-state index contributed by atoms with van der Waals surface area (Å²) >= 11 is 3.15. The molecular weight excluding hydrogens is 272 g/mol. The molecule has 0 saturated carbocycles. The number of thioether (sulfide) groups is 2. The van der Waals surface area contributed by atoms with E-state index < -0.39 is 0 Å². The first kappa shape index (κ1) is 14.2. The minimum absolute atomic E-state index is 0.174. The second-order valence-corrected chi connectivity index (χ2v) is 6.54. The van der Waals surface area contributed by atoms with Crippen molar-refractivity contribution in [2.75, 3.05) is 32.8 Å². The Kier molecular flexibility index (Phi) is 5.35. The largest absolute Gasteiger partial charge is 0.359 e. The molecule has 18 heavy (non-hydrogen) atoms. The lowest BCUT2D eigenvalue weighted by atomic mass is 10.2. The van der Waals surface area contributed by atoms with Crippen LogP contribution in [0, 0.1) is 0 Å². The van der Waals surface area contributed by atoms with Gasteiger partial charge in [-0.05, 0) is 6.42 Å². The first-order valence-electron chi connectivity index (χ1n) is 5.92. The molecule has 2 aliphatic rings. The zero-order valence-corrected chi connectivity index (χ0v) is 12.3. The molecule has 0 aliphatic carbocycles. The number of amidine groups is 1. The number of rotatable bonds is 5. The Bertz CT molecular complexity index is 338. The van der Waals surface area contributed by atoms with Crippen molar-refractivity contribution in [3.05, 3.63) is 0 Å². The zero-order valence-electron chi connectivity index (χ0n) is 10.6. The van der Waals surface area contributed by atoms with Gasteiger partial charge in [0.05, 0.1) is 18.0 Å². The number of likely N-dealkylation sites (tertiary alicyclic amines) is 1. The van der Waals surface area contributed by atoms with Crippen molar-refractivity contribution in [3.63, 3.8) is 0 Å². The number of carbonyl (C=O) groups is 1. The van der Waals surface area contributed by atoms with Crippen LogP contribution in [0.1, 0.15) is 13.3 Å². The Labute approximate surface area is 116 Å². The predicted octanol–water partition coefficient (Wildman–Crippen LogP) is 1.39. The summed E-state index contributed by atoms with van der Waals surface area (Å²) in [5, 5.41) is 1.52. The van der Waals surface area contributed by atoms with Crippen molar-refractivity contribution < 1.29 is 14.3 Å². The zero-order chi connectivity index (χ0) is 13.0. The van der Waals surface area contributed by atoms with Gasteiger partial charge in [0, 0.05) is 26.3 Å². The van der Waals surface area contributed by atoms with Crippen LogP contribution in [0.25, 0.3) is 0 Å². The van der Waals surface area contributed by atoms with Crippen LogP contribution in [0.5, 0.6) is 0 Å². The minimum Gasteiger partial charge on any atom is -0.359 e. The lowest BCUT2D eigenvalue weighted by Crippen LogP contribution is -2.48. The number of methoxy groups -OCH3 is 1. The molecule has 0 N–H and O–H groups in total. The first-order valence-corrected chi connectivity index (χ1v) is 7.78. The number of hydrogen-bond donors (Lipinski definition) is 0. The van der Waals surface area contributed by atoms with Gasteiger partial charge in [-0.15, -0.1) is 0 Å². The predicted molar refractivity (Wildman–Crippen MR) is 74.9 cm³/mol. The molecule has 102 valence electrons. The fourth-order valence-electron chi connectivity index (χ4n) is 1.81. The standard InChI is InChI=1S/C11H18N2O3S2/c1-8(14)18-10-3-4-13(10)11-12-9(6-17-11)5-16-7-15-2/h9-10H,3-7H2,1-2H3/t9-,10?/m1/s1. The van der Waals surface area contributed by atoms with Crippen molar-refractivity contribution in [1.29, 1.82) is 0 Å². The van der Waals surface area contributed by atoms with E-state index in [-0.39, 0.29) is 16.5 Å². The molecule has 2 aliphatic heterocycles. The Hall–Kier alpha value is -0.240. The molecule has 5 nitrogen and oxygen atoms in total. The van der Waals surface area contributed by atoms with E-state index in [1.807, 2.05) is 0 Å². The average molecular weight is 290 g/mol. The van der Waals surface area contributed by atoms with Gasteiger partial charge in [0.1, 0.15) is 6.79 Å². The molecule has 2 rings (SSSR count). The topological polar surface area (TPSA) is 51.1 Å². The smallest absolute Gasteiger partial charge is 0.187 e. The highest BCUT2D eigenvalue weighted by Gasteiger charge is 2.35. The van der Waals surface area contributed by atoms with E-state index in [0.29, 0.717) is 13.4 Å². The third kappa shape index (κ3) is 3.63. The fraction of sp³-hybridized carbons (Fsp3) is 0.818. The van der Waals surface area contributed by atoms with Gasteiger partial charge in [0.2, 0.25) is 0 Å². The molecule has 0 aromatic heterocycles. The third-order valence-corrected chi connectivity index (χ3v) is 4.97. The fourth-order valence-corrected chi connectivity index (χ4v) is 3.93. The van der Waals surface area contributed by atoms with Gasteiger partial charge in [-0.2, -0.15) is 0 Å². The van der Waals surface area contributed by atoms with E-state index >= 15 is 0 Å². The van der Waals surface area contributed by atoms with Crippen molar-refractivity contribution >= 4 is 33.8 Å². The van der Waals surface area contributed by atoms with Crippen molar-refractivity contribution in [3.8, 4) is 0 Å². The van der Waals surface area contributed by atoms with E-state index in [1.165, 1.54) is 11.8 Å². The lowest BCUT2D eigenvalue weighted by Gasteiger charge is -2.40. The highest BCUT2D eigenvalue weighted by molar-refractivity contribution is 8.15. The number of hydrogen-bond acceptors (Lipinski definition) is 7. The molecule has 0 spiro atoms. The monoisotopic (exact) mass is 290 g/mol. The van der Waals surface area contributed by atoms with Crippen LogP contribution < -0.4 is 0 Å². The van der Waals surface area contributed by atoms with Crippen LogP contribution in [0.15, 0.2) is 4.99 Å². The number of aliphatic imine (C=N–C) groups is 1. The van der Waals surface area contributed by atoms with E-state index in [9.17, 15) is 4.79 Å². The number of carbonyl (C=O) groups excluding carboxylic acids is 1. The Morgan fingerprint density at radius 1 is 1.67 bits per heavy atom. The Morgan fingerprint density at radius 3 is 3.11 bits per heavy atom. The Balaban J connectivity index is 1.79. The summed E-state index contributed by atoms with van der Waals surface area (Å²) < 4.78 is 10.2.